The maximum absolute atomic E-state index is 10.1. The van der Waals surface area contributed by atoms with Gasteiger partial charge >= 0.3 is 11.9 Å². The molecule has 0 aromatic rings. The van der Waals surface area contributed by atoms with Crippen molar-refractivity contribution in [2.45, 2.75) is 0 Å². The monoisotopic (exact) mass is 147 g/mol. The number of ether oxygens (including phenoxy) is 1. The highest BCUT2D eigenvalue weighted by molar-refractivity contribution is 5.90. The predicted octanol–water partition coefficient (Wildman–Crippen LogP) is -0.0378. The number of hydrogen-bond acceptors (Lipinski definition) is 4. The molecule has 0 aliphatic carbocycles. The number of hydrogen-bond donors (Lipinski definition) is 2. The van der Waals surface area contributed by atoms with Gasteiger partial charge in [-0.1, -0.05) is 0 Å². The third-order valence-electron chi connectivity index (χ3n) is 0.563. The molecule has 0 saturated heterocycles. The minimum Gasteiger partial charge on any atom is -0.478 e. The molecule has 0 atom stereocenters. The van der Waals surface area contributed by atoms with E-state index in [0.29, 0.717) is 6.08 Å². The fourth-order valence-electron chi connectivity index (χ4n) is 0.207. The van der Waals surface area contributed by atoms with Gasteiger partial charge in [-0.15, -0.1) is 0 Å². The number of methoxy groups -OCH3 is 1. The van der Waals surface area contributed by atoms with Crippen molar-refractivity contribution in [3.63, 3.8) is 0 Å². The lowest BCUT2D eigenvalue weighted by molar-refractivity contribution is -0.136. The van der Waals surface area contributed by atoms with Crippen molar-refractivity contribution in [3.05, 3.63) is 12.2 Å². The van der Waals surface area contributed by atoms with E-state index < -0.39 is 11.9 Å². The second-order valence-electron chi connectivity index (χ2n) is 1.19. The van der Waals surface area contributed by atoms with Gasteiger partial charge < -0.3 is 16.0 Å². The van der Waals surface area contributed by atoms with Gasteiger partial charge in [-0.25, -0.2) is 9.59 Å². The molecule has 0 radical (unpaired) electrons. The highest BCUT2D eigenvalue weighted by atomic mass is 16.5. The Morgan fingerprint density at radius 1 is 1.40 bits per heavy atom. The Morgan fingerprint density at radius 2 is 1.90 bits per heavy atom. The van der Waals surface area contributed by atoms with Gasteiger partial charge in [0.15, 0.2) is 0 Å². The quantitative estimate of drug-likeness (QED) is 0.421. The first-order valence-corrected chi connectivity index (χ1v) is 2.15. The van der Waals surface area contributed by atoms with Gasteiger partial charge in [-0.05, 0) is 0 Å². The van der Waals surface area contributed by atoms with Gasteiger partial charge in [0.2, 0.25) is 0 Å². The fraction of sp³-hybridized carbons (Fsp3) is 0.200. The third-order valence-corrected chi connectivity index (χ3v) is 0.563. The van der Waals surface area contributed by atoms with Gasteiger partial charge in [-0.3, -0.25) is 0 Å². The molecular weight excluding hydrogens is 138 g/mol. The summed E-state index contributed by atoms with van der Waals surface area (Å²) in [4.78, 5) is 19.9. The van der Waals surface area contributed by atoms with E-state index in [-0.39, 0.29) is 6.15 Å². The van der Waals surface area contributed by atoms with Gasteiger partial charge in [0.25, 0.3) is 0 Å². The highest BCUT2D eigenvalue weighted by Crippen LogP contribution is 1.76. The number of carboxylic acids is 1. The highest BCUT2D eigenvalue weighted by Gasteiger charge is 1.91. The minimum absolute atomic E-state index is 0. The van der Waals surface area contributed by atoms with Crippen LogP contribution < -0.4 is 6.15 Å². The summed E-state index contributed by atoms with van der Waals surface area (Å²) < 4.78 is 4.11. The maximum atomic E-state index is 10.1. The molecule has 0 fully saturated rings. The zero-order chi connectivity index (χ0) is 7.28. The summed E-state index contributed by atoms with van der Waals surface area (Å²) in [5.74, 6) is -1.84. The summed E-state index contributed by atoms with van der Waals surface area (Å²) in [7, 11) is 1.18. The summed E-state index contributed by atoms with van der Waals surface area (Å²) >= 11 is 0. The van der Waals surface area contributed by atoms with E-state index >= 15 is 0 Å². The molecule has 0 heterocycles. The first kappa shape index (κ1) is 11.4. The van der Waals surface area contributed by atoms with Crippen molar-refractivity contribution in [2.24, 2.45) is 0 Å². The SMILES string of the molecule is COC(=O)/C=C\C(=O)O.N. The van der Waals surface area contributed by atoms with Gasteiger partial charge in [-0.2, -0.15) is 0 Å². The molecule has 0 amide bonds. The molecule has 58 valence electrons. The third kappa shape index (κ3) is 6.64. The molecule has 5 nitrogen and oxygen atoms in total. The number of aliphatic carboxylic acids is 1. The second kappa shape index (κ2) is 5.77. The number of rotatable bonds is 2. The molecular formula is C5H9NO4. The summed E-state index contributed by atoms with van der Waals surface area (Å²) in [6.07, 6.45) is 1.55. The molecule has 0 unspecified atom stereocenters. The normalized spacial score (nSPS) is 8.50. The van der Waals surface area contributed by atoms with Crippen molar-refractivity contribution >= 4 is 11.9 Å². The van der Waals surface area contributed by atoms with Crippen LogP contribution in [0.2, 0.25) is 0 Å². The Hall–Kier alpha value is -1.36. The van der Waals surface area contributed by atoms with Crippen molar-refractivity contribution in [3.8, 4) is 0 Å². The molecule has 0 aliphatic rings. The van der Waals surface area contributed by atoms with Crippen molar-refractivity contribution in [1.29, 1.82) is 0 Å². The van der Waals surface area contributed by atoms with E-state index in [0.717, 1.165) is 6.08 Å². The molecule has 0 rings (SSSR count). The van der Waals surface area contributed by atoms with Gasteiger partial charge in [0.1, 0.15) is 0 Å². The van der Waals surface area contributed by atoms with Crippen LogP contribution in [0.1, 0.15) is 0 Å². The number of carbonyl (C=O) groups is 2. The van der Waals surface area contributed by atoms with Crippen LogP contribution in [-0.2, 0) is 14.3 Å². The standard InChI is InChI=1S/C5H6O4.H3N/c1-9-5(8)3-2-4(6)7;/h2-3H,1H3,(H,6,7);1H3/b3-2-;. The van der Waals surface area contributed by atoms with E-state index in [4.69, 9.17) is 5.11 Å². The average Bonchev–Trinajstić information content (AvgIpc) is 1.83. The molecule has 4 N–H and O–H groups in total. The Morgan fingerprint density at radius 3 is 2.20 bits per heavy atom. The maximum Gasteiger partial charge on any atom is 0.330 e. The summed E-state index contributed by atoms with van der Waals surface area (Å²) in [6.45, 7) is 0. The predicted molar refractivity (Wildman–Crippen MR) is 33.8 cm³/mol. The van der Waals surface area contributed by atoms with Crippen LogP contribution in [0.3, 0.4) is 0 Å². The molecule has 0 aromatic carbocycles. The van der Waals surface area contributed by atoms with Crippen LogP contribution in [-0.4, -0.2) is 24.2 Å². The van der Waals surface area contributed by atoms with E-state index in [1.165, 1.54) is 7.11 Å². The Balaban J connectivity index is 0. The lowest BCUT2D eigenvalue weighted by Gasteiger charge is -1.85. The topological polar surface area (TPSA) is 98.6 Å². The van der Waals surface area contributed by atoms with Gasteiger partial charge in [0, 0.05) is 12.2 Å². The van der Waals surface area contributed by atoms with Crippen molar-refractivity contribution < 1.29 is 19.4 Å². The van der Waals surface area contributed by atoms with Crippen LogP contribution in [0.25, 0.3) is 0 Å². The Labute approximate surface area is 57.9 Å². The molecule has 10 heavy (non-hydrogen) atoms. The zero-order valence-electron chi connectivity index (χ0n) is 5.53. The van der Waals surface area contributed by atoms with Crippen LogP contribution >= 0.6 is 0 Å². The molecule has 5 heteroatoms. The first-order chi connectivity index (χ1) is 4.16. The van der Waals surface area contributed by atoms with Crippen molar-refractivity contribution in [2.75, 3.05) is 7.11 Å². The lowest BCUT2D eigenvalue weighted by atomic mass is 10.5. The average molecular weight is 147 g/mol. The smallest absolute Gasteiger partial charge is 0.330 e. The largest absolute Gasteiger partial charge is 0.478 e. The number of carbonyl (C=O) groups excluding carboxylic acids is 1. The van der Waals surface area contributed by atoms with Crippen molar-refractivity contribution in [1.82, 2.24) is 6.15 Å². The molecule has 0 spiro atoms. The van der Waals surface area contributed by atoms with Crippen LogP contribution in [0.15, 0.2) is 12.2 Å². The van der Waals surface area contributed by atoms with E-state index in [9.17, 15) is 9.59 Å². The lowest BCUT2D eigenvalue weighted by Crippen LogP contribution is -1.96. The van der Waals surface area contributed by atoms with E-state index in [1.54, 1.807) is 0 Å². The van der Waals surface area contributed by atoms with E-state index in [2.05, 4.69) is 4.74 Å². The summed E-state index contributed by atoms with van der Waals surface area (Å²) in [5.41, 5.74) is 0. The summed E-state index contributed by atoms with van der Waals surface area (Å²) in [6, 6.07) is 0. The Kier molecular flexibility index (Phi) is 6.60. The van der Waals surface area contributed by atoms with E-state index in [1.807, 2.05) is 0 Å². The summed E-state index contributed by atoms with van der Waals surface area (Å²) in [5, 5.41) is 7.96. The minimum atomic E-state index is -1.17. The van der Waals surface area contributed by atoms with Crippen LogP contribution in [0.4, 0.5) is 0 Å². The second-order valence-corrected chi connectivity index (χ2v) is 1.19. The molecule has 0 bridgehead atoms. The van der Waals surface area contributed by atoms with Crippen LogP contribution in [0.5, 0.6) is 0 Å². The zero-order valence-corrected chi connectivity index (χ0v) is 5.53. The molecule has 0 aromatic heterocycles. The first-order valence-electron chi connectivity index (χ1n) is 2.15. The number of carboxylic acid groups (broad SMARTS) is 1. The molecule has 0 aliphatic heterocycles. The number of esters is 1. The Bertz CT molecular complexity index is 152. The van der Waals surface area contributed by atoms with Crippen LogP contribution in [0, 0.1) is 0 Å². The fourth-order valence-corrected chi connectivity index (χ4v) is 0.207. The molecule has 0 saturated carbocycles. The van der Waals surface area contributed by atoms with Gasteiger partial charge in [0.05, 0.1) is 7.11 Å².